The molecule has 2 rings (SSSR count). The molecule has 16 heavy (non-hydrogen) atoms. The fourth-order valence-electron chi connectivity index (χ4n) is 3.11. The number of hydrogen-bond donors (Lipinski definition) is 1. The summed E-state index contributed by atoms with van der Waals surface area (Å²) in [5.74, 6) is 0.869. The molecule has 2 fully saturated rings. The van der Waals surface area contributed by atoms with Gasteiger partial charge in [-0.3, -0.25) is 0 Å². The van der Waals surface area contributed by atoms with Gasteiger partial charge in [-0.05, 0) is 25.8 Å². The van der Waals surface area contributed by atoms with Gasteiger partial charge in [0.05, 0.1) is 5.60 Å². The molecule has 1 heterocycles. The molecule has 0 amide bonds. The summed E-state index contributed by atoms with van der Waals surface area (Å²) in [6, 6.07) is 0. The lowest BCUT2D eigenvalue weighted by Gasteiger charge is -2.36. The molecule has 2 aliphatic rings. The van der Waals surface area contributed by atoms with E-state index in [1.165, 1.54) is 25.7 Å². The zero-order valence-corrected chi connectivity index (χ0v) is 10.5. The van der Waals surface area contributed by atoms with Crippen molar-refractivity contribution in [2.24, 2.45) is 5.92 Å². The monoisotopic (exact) mass is 227 g/mol. The molecule has 0 bridgehead atoms. The quantitative estimate of drug-likeness (QED) is 0.792. The summed E-state index contributed by atoms with van der Waals surface area (Å²) >= 11 is 0. The van der Waals surface area contributed by atoms with Gasteiger partial charge < -0.3 is 14.7 Å². The summed E-state index contributed by atoms with van der Waals surface area (Å²) in [5, 5.41) is 10.4. The van der Waals surface area contributed by atoms with Crippen LogP contribution in [0.15, 0.2) is 0 Å². The van der Waals surface area contributed by atoms with Gasteiger partial charge in [0.2, 0.25) is 0 Å². The molecule has 1 N–H and O–H groups in total. The maximum absolute atomic E-state index is 10.4. The Morgan fingerprint density at radius 1 is 1.25 bits per heavy atom. The van der Waals surface area contributed by atoms with E-state index < -0.39 is 5.60 Å². The van der Waals surface area contributed by atoms with Crippen molar-refractivity contribution in [1.82, 2.24) is 4.90 Å². The molecule has 0 spiro atoms. The van der Waals surface area contributed by atoms with Crippen molar-refractivity contribution in [2.75, 3.05) is 33.4 Å². The van der Waals surface area contributed by atoms with E-state index in [1.807, 2.05) is 0 Å². The minimum atomic E-state index is -0.494. The first-order valence-electron chi connectivity index (χ1n) is 6.67. The molecule has 94 valence electrons. The van der Waals surface area contributed by atoms with Gasteiger partial charge in [0, 0.05) is 39.1 Å². The molecule has 1 aliphatic heterocycles. The average Bonchev–Trinajstić information content (AvgIpc) is 2.70. The van der Waals surface area contributed by atoms with Crippen molar-refractivity contribution in [3.63, 3.8) is 0 Å². The van der Waals surface area contributed by atoms with Crippen LogP contribution in [0.5, 0.6) is 0 Å². The third-order valence-corrected chi connectivity index (χ3v) is 4.03. The highest BCUT2D eigenvalue weighted by molar-refractivity contribution is 4.84. The molecule has 0 aromatic heterocycles. The Morgan fingerprint density at radius 2 is 1.88 bits per heavy atom. The maximum atomic E-state index is 10.4. The van der Waals surface area contributed by atoms with Gasteiger partial charge in [-0.1, -0.05) is 12.8 Å². The molecule has 1 saturated carbocycles. The molecule has 0 atom stereocenters. The Labute approximate surface area is 98.8 Å². The first kappa shape index (κ1) is 12.3. The zero-order chi connectivity index (χ0) is 11.4. The number of likely N-dealkylation sites (N-methyl/N-ethyl adjacent to an activating group) is 1. The van der Waals surface area contributed by atoms with Gasteiger partial charge in [-0.2, -0.15) is 0 Å². The number of aliphatic hydroxyl groups is 1. The molecule has 1 aliphatic carbocycles. The van der Waals surface area contributed by atoms with Crippen LogP contribution >= 0.6 is 0 Å². The van der Waals surface area contributed by atoms with Crippen molar-refractivity contribution < 1.29 is 9.84 Å². The minimum absolute atomic E-state index is 0.494. The normalized spacial score (nSPS) is 26.4. The maximum Gasteiger partial charge on any atom is 0.0817 e. The first-order valence-corrected chi connectivity index (χ1v) is 6.67. The third-order valence-electron chi connectivity index (χ3n) is 4.03. The molecular weight excluding hydrogens is 202 g/mol. The molecular formula is C13H25NO2. The van der Waals surface area contributed by atoms with Gasteiger partial charge in [-0.15, -0.1) is 0 Å². The lowest BCUT2D eigenvalue weighted by Crippen LogP contribution is -2.46. The summed E-state index contributed by atoms with van der Waals surface area (Å²) < 4.78 is 5.30. The van der Waals surface area contributed by atoms with Crippen molar-refractivity contribution in [3.8, 4) is 0 Å². The number of rotatable bonds is 4. The predicted molar refractivity (Wildman–Crippen MR) is 64.5 cm³/mol. The summed E-state index contributed by atoms with van der Waals surface area (Å²) in [4.78, 5) is 2.32. The van der Waals surface area contributed by atoms with Crippen LogP contribution in [0.1, 0.15) is 38.5 Å². The second kappa shape index (κ2) is 5.48. The Kier molecular flexibility index (Phi) is 4.22. The summed E-state index contributed by atoms with van der Waals surface area (Å²) in [6.45, 7) is 3.40. The lowest BCUT2D eigenvalue weighted by molar-refractivity contribution is -0.0779. The highest BCUT2D eigenvalue weighted by atomic mass is 16.5. The fourth-order valence-corrected chi connectivity index (χ4v) is 3.11. The van der Waals surface area contributed by atoms with Crippen LogP contribution in [0, 0.1) is 5.92 Å². The second-order valence-corrected chi connectivity index (χ2v) is 5.68. The summed E-state index contributed by atoms with van der Waals surface area (Å²) in [7, 11) is 2.14. The Bertz CT molecular complexity index is 208. The van der Waals surface area contributed by atoms with Gasteiger partial charge in [0.25, 0.3) is 0 Å². The third kappa shape index (κ3) is 3.44. The van der Waals surface area contributed by atoms with E-state index in [0.717, 1.165) is 31.8 Å². The molecule has 0 aromatic carbocycles. The standard InChI is InChI=1S/C13H25NO2/c1-14(10-12-4-2-3-5-12)11-13(15)6-8-16-9-7-13/h12,15H,2-11H2,1H3. The fraction of sp³-hybridized carbons (Fsp3) is 1.00. The van der Waals surface area contributed by atoms with Crippen molar-refractivity contribution in [3.05, 3.63) is 0 Å². The van der Waals surface area contributed by atoms with Crippen LogP contribution in [-0.4, -0.2) is 49.0 Å². The largest absolute Gasteiger partial charge is 0.388 e. The molecule has 3 heteroatoms. The molecule has 1 saturated heterocycles. The topological polar surface area (TPSA) is 32.7 Å². The van der Waals surface area contributed by atoms with E-state index in [-0.39, 0.29) is 0 Å². The number of hydrogen-bond acceptors (Lipinski definition) is 3. The van der Waals surface area contributed by atoms with E-state index in [9.17, 15) is 5.11 Å². The second-order valence-electron chi connectivity index (χ2n) is 5.68. The molecule has 3 nitrogen and oxygen atoms in total. The average molecular weight is 227 g/mol. The van der Waals surface area contributed by atoms with Gasteiger partial charge in [0.15, 0.2) is 0 Å². The van der Waals surface area contributed by atoms with Crippen LogP contribution in [-0.2, 0) is 4.74 Å². The van der Waals surface area contributed by atoms with Gasteiger partial charge >= 0.3 is 0 Å². The molecule has 0 radical (unpaired) electrons. The molecule has 0 aromatic rings. The molecule has 0 unspecified atom stereocenters. The SMILES string of the molecule is CN(CC1CCCC1)CC1(O)CCOCC1. The van der Waals surface area contributed by atoms with Crippen LogP contribution in [0.3, 0.4) is 0 Å². The minimum Gasteiger partial charge on any atom is -0.388 e. The van der Waals surface area contributed by atoms with Crippen molar-refractivity contribution in [1.29, 1.82) is 0 Å². The number of ether oxygens (including phenoxy) is 1. The first-order chi connectivity index (χ1) is 7.68. The smallest absolute Gasteiger partial charge is 0.0817 e. The van der Waals surface area contributed by atoms with Crippen LogP contribution in [0.4, 0.5) is 0 Å². The zero-order valence-electron chi connectivity index (χ0n) is 10.5. The van der Waals surface area contributed by atoms with Crippen LogP contribution in [0.25, 0.3) is 0 Å². The van der Waals surface area contributed by atoms with Crippen molar-refractivity contribution in [2.45, 2.75) is 44.1 Å². The van der Waals surface area contributed by atoms with E-state index >= 15 is 0 Å². The highest BCUT2D eigenvalue weighted by Gasteiger charge is 2.31. The Morgan fingerprint density at radius 3 is 2.50 bits per heavy atom. The van der Waals surface area contributed by atoms with Gasteiger partial charge in [0.1, 0.15) is 0 Å². The summed E-state index contributed by atoms with van der Waals surface area (Å²) in [5.41, 5.74) is -0.494. The van der Waals surface area contributed by atoms with Crippen LogP contribution < -0.4 is 0 Å². The van der Waals surface area contributed by atoms with E-state index in [0.29, 0.717) is 13.2 Å². The predicted octanol–water partition coefficient (Wildman–Crippen LogP) is 1.65. The van der Waals surface area contributed by atoms with Crippen LogP contribution in [0.2, 0.25) is 0 Å². The van der Waals surface area contributed by atoms with Crippen molar-refractivity contribution >= 4 is 0 Å². The van der Waals surface area contributed by atoms with E-state index in [2.05, 4.69) is 11.9 Å². The Balaban J connectivity index is 1.74. The van der Waals surface area contributed by atoms with Gasteiger partial charge in [-0.25, -0.2) is 0 Å². The number of nitrogens with zero attached hydrogens (tertiary/aromatic N) is 1. The van der Waals surface area contributed by atoms with E-state index in [1.54, 1.807) is 0 Å². The highest BCUT2D eigenvalue weighted by Crippen LogP contribution is 2.27. The summed E-state index contributed by atoms with van der Waals surface area (Å²) in [6.07, 6.45) is 7.15. The van der Waals surface area contributed by atoms with E-state index in [4.69, 9.17) is 4.74 Å². The Hall–Kier alpha value is -0.120. The lowest BCUT2D eigenvalue weighted by atomic mass is 9.93.